The molecule has 0 bridgehead atoms. The molecule has 4 heteroatoms. The zero-order valence-corrected chi connectivity index (χ0v) is 8.01. The Morgan fingerprint density at radius 2 is 2.14 bits per heavy atom. The van der Waals surface area contributed by atoms with Crippen LogP contribution in [0, 0.1) is 11.3 Å². The number of hydrogen-bond donors (Lipinski definition) is 2. The van der Waals surface area contributed by atoms with Crippen molar-refractivity contribution in [3.63, 3.8) is 0 Å². The number of benzene rings is 1. The Kier molecular flexibility index (Phi) is 2.02. The van der Waals surface area contributed by atoms with Crippen LogP contribution in [0.3, 0.4) is 0 Å². The summed E-state index contributed by atoms with van der Waals surface area (Å²) < 4.78 is 0.880. The molecule has 2 rings (SSSR count). The van der Waals surface area contributed by atoms with E-state index in [0.29, 0.717) is 5.39 Å². The summed E-state index contributed by atoms with van der Waals surface area (Å²) in [5.74, 6) is -0.274. The van der Waals surface area contributed by atoms with Crippen LogP contribution in [0.15, 0.2) is 17.5 Å². The molecule has 0 saturated heterocycles. The van der Waals surface area contributed by atoms with Crippen molar-refractivity contribution in [2.24, 2.45) is 0 Å². The fraction of sp³-hybridized carbons (Fsp3) is 0.100. The van der Waals surface area contributed by atoms with Crippen LogP contribution < -0.4 is 0 Å². The molecule has 14 heavy (non-hydrogen) atoms. The molecule has 0 radical (unpaired) electrons. The van der Waals surface area contributed by atoms with Gasteiger partial charge in [-0.1, -0.05) is 0 Å². The Morgan fingerprint density at radius 1 is 1.36 bits per heavy atom. The van der Waals surface area contributed by atoms with Crippen LogP contribution in [0.4, 0.5) is 0 Å². The molecule has 0 spiro atoms. The van der Waals surface area contributed by atoms with Crippen molar-refractivity contribution in [1.29, 1.82) is 5.26 Å². The summed E-state index contributed by atoms with van der Waals surface area (Å²) in [6.07, 6.45) is 0.247. The topological polar surface area (TPSA) is 64.2 Å². The van der Waals surface area contributed by atoms with Crippen LogP contribution in [0.2, 0.25) is 0 Å². The first kappa shape index (κ1) is 8.85. The van der Waals surface area contributed by atoms with Crippen LogP contribution in [0.1, 0.15) is 5.56 Å². The van der Waals surface area contributed by atoms with Gasteiger partial charge in [-0.2, -0.15) is 5.26 Å². The molecule has 70 valence electrons. The lowest BCUT2D eigenvalue weighted by atomic mass is 10.1. The Balaban J connectivity index is 2.77. The number of rotatable bonds is 1. The van der Waals surface area contributed by atoms with Gasteiger partial charge in [0.25, 0.3) is 0 Å². The standard InChI is InChI=1S/C10H7NO2S/c11-4-3-6-5-14-8-2-1-7(12)10(13)9(6)8/h1-2,5,12-13H,3H2. The van der Waals surface area contributed by atoms with Crippen molar-refractivity contribution in [3.05, 3.63) is 23.1 Å². The lowest BCUT2D eigenvalue weighted by Gasteiger charge is -1.99. The predicted octanol–water partition coefficient (Wildman–Crippen LogP) is 2.38. The zero-order valence-electron chi connectivity index (χ0n) is 7.19. The smallest absolute Gasteiger partial charge is 0.166 e. The van der Waals surface area contributed by atoms with Crippen LogP contribution >= 0.6 is 11.3 Å². The fourth-order valence-corrected chi connectivity index (χ4v) is 2.34. The van der Waals surface area contributed by atoms with E-state index in [1.807, 2.05) is 11.4 Å². The van der Waals surface area contributed by atoms with Crippen molar-refractivity contribution in [2.75, 3.05) is 0 Å². The average molecular weight is 205 g/mol. The summed E-state index contributed by atoms with van der Waals surface area (Å²) in [6, 6.07) is 5.20. The first-order valence-electron chi connectivity index (χ1n) is 4.02. The highest BCUT2D eigenvalue weighted by atomic mass is 32.1. The molecule has 2 aromatic rings. The average Bonchev–Trinajstić information content (AvgIpc) is 2.57. The van der Waals surface area contributed by atoms with Crippen molar-refractivity contribution in [2.45, 2.75) is 6.42 Å². The first-order chi connectivity index (χ1) is 6.74. The van der Waals surface area contributed by atoms with E-state index in [2.05, 4.69) is 0 Å². The molecular weight excluding hydrogens is 198 g/mol. The summed E-state index contributed by atoms with van der Waals surface area (Å²) in [5.41, 5.74) is 0.765. The highest BCUT2D eigenvalue weighted by Crippen LogP contribution is 2.39. The van der Waals surface area contributed by atoms with Gasteiger partial charge in [0, 0.05) is 10.1 Å². The number of nitriles is 1. The van der Waals surface area contributed by atoms with Gasteiger partial charge in [0.1, 0.15) is 0 Å². The Bertz CT molecular complexity index is 525. The molecule has 3 nitrogen and oxygen atoms in total. The lowest BCUT2D eigenvalue weighted by molar-refractivity contribution is 0.408. The third-order valence-corrected chi connectivity index (χ3v) is 3.03. The van der Waals surface area contributed by atoms with Gasteiger partial charge in [0.15, 0.2) is 11.5 Å². The number of thiophene rings is 1. The number of phenols is 2. The third-order valence-electron chi connectivity index (χ3n) is 2.04. The molecule has 0 unspecified atom stereocenters. The predicted molar refractivity (Wildman–Crippen MR) is 54.5 cm³/mol. The van der Waals surface area contributed by atoms with Gasteiger partial charge < -0.3 is 10.2 Å². The molecule has 0 amide bonds. The molecule has 0 atom stereocenters. The second kappa shape index (κ2) is 3.20. The fourth-order valence-electron chi connectivity index (χ4n) is 1.38. The minimum atomic E-state index is -0.143. The van der Waals surface area contributed by atoms with E-state index >= 15 is 0 Å². The van der Waals surface area contributed by atoms with Crippen molar-refractivity contribution in [1.82, 2.24) is 0 Å². The normalized spacial score (nSPS) is 10.2. The highest BCUT2D eigenvalue weighted by Gasteiger charge is 2.11. The Morgan fingerprint density at radius 3 is 2.86 bits per heavy atom. The van der Waals surface area contributed by atoms with Crippen LogP contribution in [0.25, 0.3) is 10.1 Å². The molecule has 2 N–H and O–H groups in total. The van der Waals surface area contributed by atoms with E-state index < -0.39 is 0 Å². The van der Waals surface area contributed by atoms with Gasteiger partial charge in [0.2, 0.25) is 0 Å². The number of fused-ring (bicyclic) bond motifs is 1. The second-order valence-corrected chi connectivity index (χ2v) is 3.81. The molecule has 0 fully saturated rings. The summed E-state index contributed by atoms with van der Waals surface area (Å²) in [5, 5.41) is 29.9. The summed E-state index contributed by atoms with van der Waals surface area (Å²) >= 11 is 1.45. The monoisotopic (exact) mass is 205 g/mol. The third kappa shape index (κ3) is 1.19. The van der Waals surface area contributed by atoms with Crippen LogP contribution in [-0.2, 0) is 6.42 Å². The highest BCUT2D eigenvalue weighted by molar-refractivity contribution is 7.17. The summed E-state index contributed by atoms with van der Waals surface area (Å²) in [4.78, 5) is 0. The van der Waals surface area contributed by atoms with Gasteiger partial charge >= 0.3 is 0 Å². The van der Waals surface area contributed by atoms with Gasteiger partial charge in [-0.3, -0.25) is 0 Å². The number of hydrogen-bond acceptors (Lipinski definition) is 4. The molecule has 0 aliphatic heterocycles. The maximum atomic E-state index is 9.60. The SMILES string of the molecule is N#CCc1csc2ccc(O)c(O)c12. The van der Waals surface area contributed by atoms with Crippen molar-refractivity contribution >= 4 is 21.4 Å². The summed E-state index contributed by atoms with van der Waals surface area (Å²) in [7, 11) is 0. The van der Waals surface area contributed by atoms with Gasteiger partial charge in [0.05, 0.1) is 12.5 Å². The zero-order chi connectivity index (χ0) is 10.1. The molecule has 1 heterocycles. The molecule has 1 aromatic carbocycles. The first-order valence-corrected chi connectivity index (χ1v) is 4.90. The van der Waals surface area contributed by atoms with Gasteiger partial charge in [-0.15, -0.1) is 11.3 Å². The quantitative estimate of drug-likeness (QED) is 0.702. The van der Waals surface area contributed by atoms with Crippen molar-refractivity contribution in [3.8, 4) is 17.6 Å². The number of aromatic hydroxyl groups is 2. The molecule has 0 aliphatic rings. The van der Waals surface area contributed by atoms with E-state index in [4.69, 9.17) is 5.26 Å². The number of nitrogens with zero attached hydrogens (tertiary/aromatic N) is 1. The molecule has 1 aromatic heterocycles. The second-order valence-electron chi connectivity index (χ2n) is 2.90. The van der Waals surface area contributed by atoms with Crippen molar-refractivity contribution < 1.29 is 10.2 Å². The molecule has 0 aliphatic carbocycles. The van der Waals surface area contributed by atoms with E-state index in [1.54, 1.807) is 6.07 Å². The summed E-state index contributed by atoms with van der Waals surface area (Å²) in [6.45, 7) is 0. The minimum Gasteiger partial charge on any atom is -0.504 e. The Labute approximate surface area is 84.5 Å². The van der Waals surface area contributed by atoms with Crippen LogP contribution in [-0.4, -0.2) is 10.2 Å². The minimum absolute atomic E-state index is 0.131. The molecular formula is C10H7NO2S. The maximum Gasteiger partial charge on any atom is 0.166 e. The van der Waals surface area contributed by atoms with Gasteiger partial charge in [-0.25, -0.2) is 0 Å². The molecule has 0 saturated carbocycles. The van der Waals surface area contributed by atoms with Crippen LogP contribution in [0.5, 0.6) is 11.5 Å². The lowest BCUT2D eigenvalue weighted by Crippen LogP contribution is -1.78. The van der Waals surface area contributed by atoms with E-state index in [1.165, 1.54) is 17.4 Å². The van der Waals surface area contributed by atoms with E-state index in [-0.39, 0.29) is 17.9 Å². The number of phenolic OH excluding ortho intramolecular Hbond substituents is 2. The Hall–Kier alpha value is -1.73. The maximum absolute atomic E-state index is 9.60. The largest absolute Gasteiger partial charge is 0.504 e. The van der Waals surface area contributed by atoms with E-state index in [9.17, 15) is 10.2 Å². The van der Waals surface area contributed by atoms with Gasteiger partial charge in [-0.05, 0) is 23.1 Å². The van der Waals surface area contributed by atoms with E-state index in [0.717, 1.165) is 10.3 Å².